The fraction of sp³-hybridized carbons (Fsp3) is 0.438. The van der Waals surface area contributed by atoms with Gasteiger partial charge in [0.25, 0.3) is 0 Å². The van der Waals surface area contributed by atoms with E-state index in [4.69, 9.17) is 5.73 Å². The normalized spacial score (nSPS) is 25.7. The molecule has 0 bridgehead atoms. The van der Waals surface area contributed by atoms with E-state index in [9.17, 15) is 14.3 Å². The summed E-state index contributed by atoms with van der Waals surface area (Å²) in [5.41, 5.74) is 7.48. The second-order valence-electron chi connectivity index (χ2n) is 5.80. The zero-order chi connectivity index (χ0) is 15.6. The van der Waals surface area contributed by atoms with Crippen LogP contribution in [-0.4, -0.2) is 28.2 Å². The number of piperidine rings is 1. The van der Waals surface area contributed by atoms with Gasteiger partial charge in [-0.1, -0.05) is 12.1 Å². The summed E-state index contributed by atoms with van der Waals surface area (Å²) in [4.78, 5) is 12.9. The van der Waals surface area contributed by atoms with Crippen molar-refractivity contribution in [2.75, 3.05) is 6.54 Å². The summed E-state index contributed by atoms with van der Waals surface area (Å²) in [7, 11) is 0. The van der Waals surface area contributed by atoms with Crippen molar-refractivity contribution in [2.45, 2.75) is 37.8 Å². The largest absolute Gasteiger partial charge is 0.465 e. The molecule has 4 nitrogen and oxygen atoms in total. The Hall–Kier alpha value is -1.88. The number of hydrogen-bond acceptors (Lipinski definition) is 2. The number of carboxylic acid groups (broad SMARTS) is 1. The van der Waals surface area contributed by atoms with Crippen LogP contribution in [0.2, 0.25) is 0 Å². The maximum atomic E-state index is 13.3. The van der Waals surface area contributed by atoms with Crippen molar-refractivity contribution in [1.82, 2.24) is 4.90 Å². The van der Waals surface area contributed by atoms with Crippen molar-refractivity contribution >= 4 is 6.09 Å². The third kappa shape index (κ3) is 3.24. The average Bonchev–Trinajstić information content (AvgIpc) is 2.38. The lowest BCUT2D eigenvalue weighted by Gasteiger charge is -2.44. The number of halogens is 1. The Bertz CT molecular complexity index is 561. The Morgan fingerprint density at radius 1 is 1.67 bits per heavy atom. The molecule has 0 spiro atoms. The second-order valence-corrected chi connectivity index (χ2v) is 5.80. The van der Waals surface area contributed by atoms with Crippen LogP contribution in [0.15, 0.2) is 30.9 Å². The van der Waals surface area contributed by atoms with Gasteiger partial charge in [0.1, 0.15) is 5.82 Å². The minimum Gasteiger partial charge on any atom is -0.465 e. The molecule has 0 saturated carbocycles. The lowest BCUT2D eigenvalue weighted by atomic mass is 9.78. The maximum Gasteiger partial charge on any atom is 0.407 e. The number of aryl methyl sites for hydroxylation is 1. The van der Waals surface area contributed by atoms with Gasteiger partial charge in [-0.2, -0.15) is 0 Å². The summed E-state index contributed by atoms with van der Waals surface area (Å²) in [6.07, 6.45) is 2.55. The fourth-order valence-corrected chi connectivity index (χ4v) is 3.09. The van der Waals surface area contributed by atoms with Crippen LogP contribution >= 0.6 is 0 Å². The molecule has 0 radical (unpaired) electrons. The van der Waals surface area contributed by atoms with Crippen LogP contribution in [0.1, 0.15) is 36.4 Å². The number of hydrogen-bond donors (Lipinski definition) is 2. The molecule has 1 aliphatic heterocycles. The molecule has 1 amide bonds. The highest BCUT2D eigenvalue weighted by Crippen LogP contribution is 2.38. The molecule has 1 fully saturated rings. The molecule has 1 aliphatic rings. The van der Waals surface area contributed by atoms with Crippen LogP contribution in [-0.2, 0) is 0 Å². The highest BCUT2D eigenvalue weighted by Gasteiger charge is 2.39. The first-order valence-corrected chi connectivity index (χ1v) is 7.02. The first-order chi connectivity index (χ1) is 9.86. The van der Waals surface area contributed by atoms with Gasteiger partial charge in [-0.15, -0.1) is 6.58 Å². The summed E-state index contributed by atoms with van der Waals surface area (Å²) >= 11 is 0. The maximum absolute atomic E-state index is 13.3. The van der Waals surface area contributed by atoms with E-state index in [0.717, 1.165) is 11.1 Å². The molecule has 0 aromatic heterocycles. The third-order valence-corrected chi connectivity index (χ3v) is 4.21. The standard InChI is InChI=1S/C16H21FN2O2/c1-3-6-16(18)7-8-19(15(20)21)14(10-16)13-5-4-12(17)9-11(13)2/h3-5,9,14H,1,6-8,10,18H2,2H3,(H,20,21)/t14-,16+/m1/s1. The molecular formula is C16H21FN2O2. The fourth-order valence-electron chi connectivity index (χ4n) is 3.09. The van der Waals surface area contributed by atoms with Crippen molar-refractivity contribution < 1.29 is 14.3 Å². The SMILES string of the molecule is C=CC[C@]1(N)CCN(C(=O)O)[C@@H](c2ccc(F)cc2C)C1. The Morgan fingerprint density at radius 3 is 2.95 bits per heavy atom. The molecule has 3 N–H and O–H groups in total. The summed E-state index contributed by atoms with van der Waals surface area (Å²) < 4.78 is 13.3. The first kappa shape index (κ1) is 15.5. The lowest BCUT2D eigenvalue weighted by molar-refractivity contribution is 0.0807. The van der Waals surface area contributed by atoms with Crippen molar-refractivity contribution in [1.29, 1.82) is 0 Å². The minimum absolute atomic E-state index is 0.320. The summed E-state index contributed by atoms with van der Waals surface area (Å²) in [6, 6.07) is 4.10. The van der Waals surface area contributed by atoms with E-state index < -0.39 is 11.6 Å². The topological polar surface area (TPSA) is 66.6 Å². The van der Waals surface area contributed by atoms with Gasteiger partial charge in [0.15, 0.2) is 0 Å². The van der Waals surface area contributed by atoms with Gasteiger partial charge < -0.3 is 15.7 Å². The predicted octanol–water partition coefficient (Wildman–Crippen LogP) is 3.22. The summed E-state index contributed by atoms with van der Waals surface area (Å²) in [5, 5.41) is 9.41. The minimum atomic E-state index is -0.968. The Balaban J connectivity index is 2.38. The number of likely N-dealkylation sites (tertiary alicyclic amines) is 1. The van der Waals surface area contributed by atoms with Crippen LogP contribution in [0.3, 0.4) is 0 Å². The Morgan fingerprint density at radius 2 is 2.38 bits per heavy atom. The number of amides is 1. The van der Waals surface area contributed by atoms with Gasteiger partial charge in [0.05, 0.1) is 6.04 Å². The second kappa shape index (κ2) is 5.85. The van der Waals surface area contributed by atoms with Gasteiger partial charge in [-0.3, -0.25) is 0 Å². The number of nitrogens with zero attached hydrogens (tertiary/aromatic N) is 1. The lowest BCUT2D eigenvalue weighted by Crippen LogP contribution is -2.52. The molecule has 1 aromatic carbocycles. The molecule has 1 aromatic rings. The highest BCUT2D eigenvalue weighted by molar-refractivity contribution is 5.66. The van der Waals surface area contributed by atoms with Crippen LogP contribution in [0.4, 0.5) is 9.18 Å². The third-order valence-electron chi connectivity index (χ3n) is 4.21. The van der Waals surface area contributed by atoms with E-state index in [-0.39, 0.29) is 11.9 Å². The monoisotopic (exact) mass is 292 g/mol. The van der Waals surface area contributed by atoms with E-state index in [1.807, 2.05) is 0 Å². The quantitative estimate of drug-likeness (QED) is 0.841. The van der Waals surface area contributed by atoms with Gasteiger partial charge in [-0.05, 0) is 49.4 Å². The first-order valence-electron chi connectivity index (χ1n) is 7.02. The summed E-state index contributed by atoms with van der Waals surface area (Å²) in [6.45, 7) is 5.89. The molecule has 1 heterocycles. The molecule has 21 heavy (non-hydrogen) atoms. The van der Waals surface area contributed by atoms with Gasteiger partial charge in [-0.25, -0.2) is 9.18 Å². The van der Waals surface area contributed by atoms with Crippen LogP contribution in [0, 0.1) is 12.7 Å². The smallest absolute Gasteiger partial charge is 0.407 e. The molecule has 0 unspecified atom stereocenters. The van der Waals surface area contributed by atoms with E-state index >= 15 is 0 Å². The van der Waals surface area contributed by atoms with E-state index in [0.29, 0.717) is 25.8 Å². The van der Waals surface area contributed by atoms with Gasteiger partial charge >= 0.3 is 6.09 Å². The highest BCUT2D eigenvalue weighted by atomic mass is 19.1. The zero-order valence-electron chi connectivity index (χ0n) is 12.2. The number of benzene rings is 1. The van der Waals surface area contributed by atoms with E-state index in [1.54, 1.807) is 19.1 Å². The summed E-state index contributed by atoms with van der Waals surface area (Å²) in [5.74, 6) is -0.320. The van der Waals surface area contributed by atoms with Crippen LogP contribution in [0.25, 0.3) is 0 Å². The van der Waals surface area contributed by atoms with E-state index in [1.165, 1.54) is 17.0 Å². The zero-order valence-corrected chi connectivity index (χ0v) is 12.2. The van der Waals surface area contributed by atoms with Crippen molar-refractivity contribution in [2.24, 2.45) is 5.73 Å². The van der Waals surface area contributed by atoms with Crippen LogP contribution in [0.5, 0.6) is 0 Å². The van der Waals surface area contributed by atoms with Crippen molar-refractivity contribution in [3.05, 3.63) is 47.8 Å². The Labute approximate surface area is 124 Å². The molecular weight excluding hydrogens is 271 g/mol. The average molecular weight is 292 g/mol. The molecule has 1 saturated heterocycles. The molecule has 0 aliphatic carbocycles. The molecule has 2 rings (SSSR count). The number of carbonyl (C=O) groups is 1. The number of nitrogens with two attached hydrogens (primary N) is 1. The van der Waals surface area contributed by atoms with Crippen molar-refractivity contribution in [3.63, 3.8) is 0 Å². The van der Waals surface area contributed by atoms with Crippen LogP contribution < -0.4 is 5.73 Å². The molecule has 2 atom stereocenters. The van der Waals surface area contributed by atoms with Gasteiger partial charge in [0, 0.05) is 12.1 Å². The molecule has 5 heteroatoms. The van der Waals surface area contributed by atoms with E-state index in [2.05, 4.69) is 6.58 Å². The molecule has 114 valence electrons. The number of rotatable bonds is 3. The Kier molecular flexibility index (Phi) is 4.32. The predicted molar refractivity (Wildman–Crippen MR) is 79.6 cm³/mol. The van der Waals surface area contributed by atoms with Crippen molar-refractivity contribution in [3.8, 4) is 0 Å². The van der Waals surface area contributed by atoms with Gasteiger partial charge in [0.2, 0.25) is 0 Å².